The van der Waals surface area contributed by atoms with E-state index in [-0.39, 0.29) is 17.4 Å². The maximum absolute atomic E-state index is 11.4. The first kappa shape index (κ1) is 16.7. The molecule has 1 aromatic heterocycles. The van der Waals surface area contributed by atoms with Crippen molar-refractivity contribution in [1.29, 1.82) is 0 Å². The number of ether oxygens (including phenoxy) is 2. The van der Waals surface area contributed by atoms with Crippen LogP contribution in [0.1, 0.15) is 24.4 Å². The highest BCUT2D eigenvalue weighted by Crippen LogP contribution is 2.31. The van der Waals surface area contributed by atoms with Crippen molar-refractivity contribution >= 4 is 29.2 Å². The zero-order valence-corrected chi connectivity index (χ0v) is 13.2. The van der Waals surface area contributed by atoms with E-state index in [1.165, 1.54) is 12.3 Å². The van der Waals surface area contributed by atoms with Crippen molar-refractivity contribution in [2.45, 2.75) is 18.6 Å². The molecule has 0 saturated carbocycles. The Hall–Kier alpha value is -1.69. The Morgan fingerprint density at radius 1 is 1.41 bits per heavy atom. The van der Waals surface area contributed by atoms with Crippen molar-refractivity contribution in [3.63, 3.8) is 0 Å². The van der Waals surface area contributed by atoms with Gasteiger partial charge >= 0.3 is 5.97 Å². The molecule has 2 unspecified atom stereocenters. The van der Waals surface area contributed by atoms with E-state index in [0.29, 0.717) is 11.3 Å². The van der Waals surface area contributed by atoms with Gasteiger partial charge in [0.1, 0.15) is 17.6 Å². The summed E-state index contributed by atoms with van der Waals surface area (Å²) in [5.74, 6) is -0.0225. The van der Waals surface area contributed by atoms with Crippen LogP contribution in [-0.2, 0) is 9.53 Å². The minimum absolute atomic E-state index is 0.209. The van der Waals surface area contributed by atoms with E-state index in [4.69, 9.17) is 37.1 Å². The van der Waals surface area contributed by atoms with Gasteiger partial charge in [0.2, 0.25) is 0 Å². The normalized spacial score (nSPS) is 13.5. The molecule has 0 spiro atoms. The topological polar surface area (TPSA) is 68.9 Å². The van der Waals surface area contributed by atoms with Gasteiger partial charge in [-0.1, -0.05) is 29.3 Å². The third-order valence-electron chi connectivity index (χ3n) is 2.79. The SMILES string of the molecule is CCOC(=O)C(Cl)Oc1ccc(C(O)c2ccco2)c(Cl)c1. The van der Waals surface area contributed by atoms with Gasteiger partial charge in [0.05, 0.1) is 17.9 Å². The molecule has 7 heteroatoms. The number of rotatable bonds is 6. The van der Waals surface area contributed by atoms with Crippen molar-refractivity contribution in [2.24, 2.45) is 0 Å². The number of aliphatic hydroxyl groups excluding tert-OH is 1. The van der Waals surface area contributed by atoms with Gasteiger partial charge in [-0.15, -0.1) is 0 Å². The molecule has 22 heavy (non-hydrogen) atoms. The number of halogens is 2. The van der Waals surface area contributed by atoms with E-state index >= 15 is 0 Å². The molecule has 0 saturated heterocycles. The number of furan rings is 1. The fourth-order valence-corrected chi connectivity index (χ4v) is 2.22. The van der Waals surface area contributed by atoms with Gasteiger partial charge in [-0.2, -0.15) is 0 Å². The van der Waals surface area contributed by atoms with Crippen molar-refractivity contribution in [1.82, 2.24) is 0 Å². The highest BCUT2D eigenvalue weighted by atomic mass is 35.5. The van der Waals surface area contributed by atoms with Crippen molar-refractivity contribution < 1.29 is 23.8 Å². The summed E-state index contributed by atoms with van der Waals surface area (Å²) in [4.78, 5) is 11.4. The molecule has 0 aliphatic heterocycles. The first-order valence-corrected chi connectivity index (χ1v) is 7.32. The zero-order chi connectivity index (χ0) is 16.1. The van der Waals surface area contributed by atoms with E-state index in [9.17, 15) is 9.90 Å². The first-order valence-electron chi connectivity index (χ1n) is 6.51. The number of hydrogen-bond donors (Lipinski definition) is 1. The average molecular weight is 345 g/mol. The van der Waals surface area contributed by atoms with Crippen LogP contribution >= 0.6 is 23.2 Å². The summed E-state index contributed by atoms with van der Waals surface area (Å²) >= 11 is 11.9. The highest BCUT2D eigenvalue weighted by Gasteiger charge is 2.20. The molecular weight excluding hydrogens is 331 g/mol. The van der Waals surface area contributed by atoms with Crippen LogP contribution in [0, 0.1) is 0 Å². The molecule has 0 radical (unpaired) electrons. The van der Waals surface area contributed by atoms with Crippen LogP contribution in [-0.4, -0.2) is 23.2 Å². The number of esters is 1. The molecular formula is C15H14Cl2O5. The number of carbonyl (C=O) groups is 1. The van der Waals surface area contributed by atoms with E-state index in [1.807, 2.05) is 0 Å². The van der Waals surface area contributed by atoms with E-state index in [0.717, 1.165) is 0 Å². The van der Waals surface area contributed by atoms with Gasteiger partial charge in [-0.25, -0.2) is 4.79 Å². The molecule has 2 rings (SSSR count). The van der Waals surface area contributed by atoms with Crippen LogP contribution in [0.5, 0.6) is 5.75 Å². The molecule has 5 nitrogen and oxygen atoms in total. The summed E-state index contributed by atoms with van der Waals surface area (Å²) in [5, 5.41) is 10.4. The predicted molar refractivity (Wildman–Crippen MR) is 81.1 cm³/mol. The summed E-state index contributed by atoms with van der Waals surface area (Å²) in [5.41, 5.74) is -0.817. The number of aliphatic hydroxyl groups is 1. The summed E-state index contributed by atoms with van der Waals surface area (Å²) in [6.45, 7) is 1.88. The van der Waals surface area contributed by atoms with Gasteiger partial charge in [-0.3, -0.25) is 0 Å². The van der Waals surface area contributed by atoms with Gasteiger partial charge in [0, 0.05) is 5.56 Å². The van der Waals surface area contributed by atoms with Crippen LogP contribution in [0.3, 0.4) is 0 Å². The molecule has 0 aliphatic rings. The molecule has 1 heterocycles. The van der Waals surface area contributed by atoms with Crippen LogP contribution < -0.4 is 4.74 Å². The summed E-state index contributed by atoms with van der Waals surface area (Å²) in [7, 11) is 0. The van der Waals surface area contributed by atoms with Gasteiger partial charge < -0.3 is 19.0 Å². The largest absolute Gasteiger partial charge is 0.466 e. The highest BCUT2D eigenvalue weighted by molar-refractivity contribution is 6.31. The number of benzene rings is 1. The standard InChI is InChI=1S/C15H14Cl2O5/c1-2-20-15(19)14(17)22-9-5-6-10(11(16)8-9)13(18)12-4-3-7-21-12/h3-8,13-14,18H,2H2,1H3. The smallest absolute Gasteiger partial charge is 0.363 e. The molecule has 2 atom stereocenters. The fraction of sp³-hybridized carbons (Fsp3) is 0.267. The molecule has 0 amide bonds. The molecule has 0 fully saturated rings. The Balaban J connectivity index is 2.11. The minimum Gasteiger partial charge on any atom is -0.466 e. The maximum atomic E-state index is 11.4. The second-order valence-corrected chi connectivity index (χ2v) is 5.09. The van der Waals surface area contributed by atoms with Gasteiger partial charge in [-0.05, 0) is 31.2 Å². The Bertz CT molecular complexity index is 627. The quantitative estimate of drug-likeness (QED) is 0.641. The van der Waals surface area contributed by atoms with Crippen LogP contribution in [0.4, 0.5) is 0 Å². The third kappa shape index (κ3) is 3.94. The number of alkyl halides is 1. The predicted octanol–water partition coefficient (Wildman–Crippen LogP) is 3.52. The van der Waals surface area contributed by atoms with E-state index < -0.39 is 17.6 Å². The minimum atomic E-state index is -1.27. The lowest BCUT2D eigenvalue weighted by atomic mass is 10.1. The molecule has 1 N–H and O–H groups in total. The summed E-state index contributed by atoms with van der Waals surface area (Å²) in [6, 6.07) is 7.88. The summed E-state index contributed by atoms with van der Waals surface area (Å²) in [6.07, 6.45) is 0.467. The molecule has 2 aromatic rings. The first-order chi connectivity index (χ1) is 10.5. The van der Waals surface area contributed by atoms with Crippen LogP contribution in [0.2, 0.25) is 5.02 Å². The Labute approximate surface area is 137 Å². The lowest BCUT2D eigenvalue weighted by molar-refractivity contribution is -0.147. The molecule has 0 bridgehead atoms. The number of carbonyl (C=O) groups excluding carboxylic acids is 1. The maximum Gasteiger partial charge on any atom is 0.363 e. The fourth-order valence-electron chi connectivity index (χ4n) is 1.78. The van der Waals surface area contributed by atoms with E-state index in [1.54, 1.807) is 31.2 Å². The van der Waals surface area contributed by atoms with Crippen molar-refractivity contribution in [3.8, 4) is 5.75 Å². The molecule has 1 aromatic carbocycles. The Kier molecular flexibility index (Phi) is 5.71. The van der Waals surface area contributed by atoms with Gasteiger partial charge in [0.25, 0.3) is 5.56 Å². The second kappa shape index (κ2) is 7.54. The van der Waals surface area contributed by atoms with Crippen LogP contribution in [0.15, 0.2) is 41.0 Å². The van der Waals surface area contributed by atoms with Gasteiger partial charge in [0.15, 0.2) is 0 Å². The van der Waals surface area contributed by atoms with Crippen molar-refractivity contribution in [3.05, 3.63) is 52.9 Å². The monoisotopic (exact) mass is 344 g/mol. The molecule has 118 valence electrons. The third-order valence-corrected chi connectivity index (χ3v) is 3.39. The molecule has 0 aliphatic carbocycles. The Morgan fingerprint density at radius 3 is 2.77 bits per heavy atom. The lowest BCUT2D eigenvalue weighted by Crippen LogP contribution is -2.23. The Morgan fingerprint density at radius 2 is 2.18 bits per heavy atom. The second-order valence-electron chi connectivity index (χ2n) is 4.29. The summed E-state index contributed by atoms with van der Waals surface area (Å²) < 4.78 is 15.1. The van der Waals surface area contributed by atoms with E-state index in [2.05, 4.69) is 0 Å². The number of hydrogen-bond acceptors (Lipinski definition) is 5. The van der Waals surface area contributed by atoms with Crippen molar-refractivity contribution in [2.75, 3.05) is 6.61 Å². The van der Waals surface area contributed by atoms with Crippen LogP contribution in [0.25, 0.3) is 0 Å². The average Bonchev–Trinajstić information content (AvgIpc) is 3.01. The lowest BCUT2D eigenvalue weighted by Gasteiger charge is -2.14. The zero-order valence-electron chi connectivity index (χ0n) is 11.7.